The van der Waals surface area contributed by atoms with E-state index in [2.05, 4.69) is 51.3 Å². The maximum atomic E-state index is 5.22. The van der Waals surface area contributed by atoms with Crippen molar-refractivity contribution in [2.75, 3.05) is 14.2 Å². The van der Waals surface area contributed by atoms with Gasteiger partial charge in [0.15, 0.2) is 0 Å². The third-order valence-electron chi connectivity index (χ3n) is 2.67. The van der Waals surface area contributed by atoms with Crippen molar-refractivity contribution in [2.45, 2.75) is 0 Å². The van der Waals surface area contributed by atoms with Crippen molar-refractivity contribution in [3.8, 4) is 16.9 Å². The van der Waals surface area contributed by atoms with Crippen LogP contribution in [-0.4, -0.2) is 20.4 Å². The lowest BCUT2D eigenvalue weighted by Gasteiger charge is -2.06. The van der Waals surface area contributed by atoms with E-state index >= 15 is 0 Å². The van der Waals surface area contributed by atoms with E-state index in [9.17, 15) is 0 Å². The highest BCUT2D eigenvalue weighted by molar-refractivity contribution is 9.10. The molecule has 0 aliphatic rings. The second-order valence-corrected chi connectivity index (χ2v) is 4.71. The third kappa shape index (κ3) is 2.79. The number of halogens is 1. The summed E-state index contributed by atoms with van der Waals surface area (Å²) in [4.78, 5) is 4.00. The number of aliphatic imine (C=N–C) groups is 1. The standard InChI is InChI=1S/C15H14BrNO/c1-17-10-11-3-5-12(6-4-11)13-7-8-15(18-2)14(16)9-13/h3-10H,1-2H3. The summed E-state index contributed by atoms with van der Waals surface area (Å²) in [5.41, 5.74) is 3.43. The molecule has 0 aromatic heterocycles. The molecule has 0 N–H and O–H groups in total. The lowest BCUT2D eigenvalue weighted by molar-refractivity contribution is 0.412. The molecular weight excluding hydrogens is 290 g/mol. The minimum absolute atomic E-state index is 0.841. The number of hydrogen-bond donors (Lipinski definition) is 0. The van der Waals surface area contributed by atoms with Crippen LogP contribution in [0.25, 0.3) is 11.1 Å². The number of nitrogens with zero attached hydrogens (tertiary/aromatic N) is 1. The Morgan fingerprint density at radius 3 is 2.28 bits per heavy atom. The molecule has 92 valence electrons. The quantitative estimate of drug-likeness (QED) is 0.780. The van der Waals surface area contributed by atoms with Gasteiger partial charge in [0.25, 0.3) is 0 Å². The molecule has 0 amide bonds. The van der Waals surface area contributed by atoms with Crippen LogP contribution in [-0.2, 0) is 0 Å². The molecule has 3 heteroatoms. The molecule has 0 bridgehead atoms. The summed E-state index contributed by atoms with van der Waals surface area (Å²) in [6.45, 7) is 0. The van der Waals surface area contributed by atoms with Gasteiger partial charge in [-0.15, -0.1) is 0 Å². The number of benzene rings is 2. The molecule has 0 saturated heterocycles. The van der Waals surface area contributed by atoms with E-state index in [-0.39, 0.29) is 0 Å². The fourth-order valence-corrected chi connectivity index (χ4v) is 2.30. The van der Waals surface area contributed by atoms with Crippen LogP contribution in [0.3, 0.4) is 0 Å². The van der Waals surface area contributed by atoms with Crippen LogP contribution < -0.4 is 4.74 Å². The number of methoxy groups -OCH3 is 1. The predicted molar refractivity (Wildman–Crippen MR) is 79.6 cm³/mol. The second-order valence-electron chi connectivity index (χ2n) is 3.86. The Kier molecular flexibility index (Phi) is 4.15. The van der Waals surface area contributed by atoms with Gasteiger partial charge in [-0.25, -0.2) is 0 Å². The maximum absolute atomic E-state index is 5.22. The first kappa shape index (κ1) is 12.8. The molecule has 0 atom stereocenters. The van der Waals surface area contributed by atoms with Gasteiger partial charge in [-0.1, -0.05) is 30.3 Å². The van der Waals surface area contributed by atoms with Crippen molar-refractivity contribution in [2.24, 2.45) is 4.99 Å². The molecular formula is C15H14BrNO. The topological polar surface area (TPSA) is 21.6 Å². The van der Waals surface area contributed by atoms with Crippen molar-refractivity contribution in [1.82, 2.24) is 0 Å². The van der Waals surface area contributed by atoms with Gasteiger partial charge in [0.05, 0.1) is 11.6 Å². The monoisotopic (exact) mass is 303 g/mol. The third-order valence-corrected chi connectivity index (χ3v) is 3.29. The SMILES string of the molecule is CN=Cc1ccc(-c2ccc(OC)c(Br)c2)cc1. The van der Waals surface area contributed by atoms with Gasteiger partial charge in [0.2, 0.25) is 0 Å². The number of hydrogen-bond acceptors (Lipinski definition) is 2. The molecule has 18 heavy (non-hydrogen) atoms. The summed E-state index contributed by atoms with van der Waals surface area (Å²) < 4.78 is 6.18. The first-order chi connectivity index (χ1) is 8.74. The first-order valence-corrected chi connectivity index (χ1v) is 6.40. The molecule has 0 saturated carbocycles. The van der Waals surface area contributed by atoms with Crippen LogP contribution >= 0.6 is 15.9 Å². The van der Waals surface area contributed by atoms with E-state index in [4.69, 9.17) is 4.74 Å². The number of rotatable bonds is 3. The first-order valence-electron chi connectivity index (χ1n) is 5.60. The summed E-state index contributed by atoms with van der Waals surface area (Å²) in [5, 5.41) is 0. The molecule has 2 aromatic carbocycles. The highest BCUT2D eigenvalue weighted by Crippen LogP contribution is 2.30. The minimum Gasteiger partial charge on any atom is -0.496 e. The lowest BCUT2D eigenvalue weighted by Crippen LogP contribution is -1.86. The van der Waals surface area contributed by atoms with Gasteiger partial charge in [-0.3, -0.25) is 4.99 Å². The Balaban J connectivity index is 2.33. The van der Waals surface area contributed by atoms with E-state index in [0.29, 0.717) is 0 Å². The van der Waals surface area contributed by atoms with Crippen LogP contribution in [0.2, 0.25) is 0 Å². The Labute approximate surface area is 115 Å². The zero-order valence-electron chi connectivity index (χ0n) is 10.4. The maximum Gasteiger partial charge on any atom is 0.133 e. The van der Waals surface area contributed by atoms with Crippen LogP contribution in [0.1, 0.15) is 5.56 Å². The molecule has 0 aliphatic heterocycles. The molecule has 2 rings (SSSR count). The molecule has 0 unspecified atom stereocenters. The van der Waals surface area contributed by atoms with Crippen LogP contribution in [0.5, 0.6) is 5.75 Å². The Morgan fingerprint density at radius 1 is 1.06 bits per heavy atom. The normalized spacial score (nSPS) is 10.8. The molecule has 2 nitrogen and oxygen atoms in total. The summed E-state index contributed by atoms with van der Waals surface area (Å²) in [6, 6.07) is 14.4. The molecule has 2 aromatic rings. The Hall–Kier alpha value is -1.61. The van der Waals surface area contributed by atoms with Gasteiger partial charge in [0, 0.05) is 13.3 Å². The van der Waals surface area contributed by atoms with E-state index in [0.717, 1.165) is 21.3 Å². The van der Waals surface area contributed by atoms with Crippen molar-refractivity contribution < 1.29 is 4.74 Å². The van der Waals surface area contributed by atoms with Crippen molar-refractivity contribution in [1.29, 1.82) is 0 Å². The van der Waals surface area contributed by atoms with Crippen LogP contribution in [0.15, 0.2) is 51.9 Å². The van der Waals surface area contributed by atoms with Gasteiger partial charge in [-0.05, 0) is 44.8 Å². The fraction of sp³-hybridized carbons (Fsp3) is 0.133. The summed E-state index contributed by atoms with van der Waals surface area (Å²) in [5.74, 6) is 0.841. The minimum atomic E-state index is 0.841. The molecule has 0 fully saturated rings. The second kappa shape index (κ2) is 5.83. The van der Waals surface area contributed by atoms with Gasteiger partial charge in [0.1, 0.15) is 5.75 Å². The van der Waals surface area contributed by atoms with Gasteiger partial charge in [-0.2, -0.15) is 0 Å². The van der Waals surface area contributed by atoms with Crippen molar-refractivity contribution in [3.05, 3.63) is 52.5 Å². The molecule has 0 aliphatic carbocycles. The highest BCUT2D eigenvalue weighted by atomic mass is 79.9. The van der Waals surface area contributed by atoms with E-state index in [1.807, 2.05) is 18.3 Å². The fourth-order valence-electron chi connectivity index (χ4n) is 1.76. The number of ether oxygens (including phenoxy) is 1. The van der Waals surface area contributed by atoms with Gasteiger partial charge >= 0.3 is 0 Å². The zero-order valence-corrected chi connectivity index (χ0v) is 11.9. The largest absolute Gasteiger partial charge is 0.496 e. The van der Waals surface area contributed by atoms with Crippen molar-refractivity contribution in [3.63, 3.8) is 0 Å². The van der Waals surface area contributed by atoms with Crippen LogP contribution in [0, 0.1) is 0 Å². The molecule has 0 heterocycles. The summed E-state index contributed by atoms with van der Waals surface area (Å²) in [7, 11) is 3.44. The average molecular weight is 304 g/mol. The average Bonchev–Trinajstić information content (AvgIpc) is 2.40. The summed E-state index contributed by atoms with van der Waals surface area (Å²) >= 11 is 3.50. The molecule has 0 radical (unpaired) electrons. The lowest BCUT2D eigenvalue weighted by atomic mass is 10.0. The van der Waals surface area contributed by atoms with E-state index in [1.54, 1.807) is 14.2 Å². The van der Waals surface area contributed by atoms with Crippen LogP contribution in [0.4, 0.5) is 0 Å². The Morgan fingerprint density at radius 2 is 1.72 bits per heavy atom. The van der Waals surface area contributed by atoms with E-state index in [1.165, 1.54) is 5.56 Å². The zero-order chi connectivity index (χ0) is 13.0. The van der Waals surface area contributed by atoms with Crippen molar-refractivity contribution >= 4 is 22.1 Å². The predicted octanol–water partition coefficient (Wildman–Crippen LogP) is 4.17. The molecule has 0 spiro atoms. The van der Waals surface area contributed by atoms with E-state index < -0.39 is 0 Å². The highest BCUT2D eigenvalue weighted by Gasteiger charge is 2.03. The smallest absolute Gasteiger partial charge is 0.133 e. The van der Waals surface area contributed by atoms with Gasteiger partial charge < -0.3 is 4.74 Å². The Bertz CT molecular complexity index is 561. The summed E-state index contributed by atoms with van der Waals surface area (Å²) in [6.07, 6.45) is 1.84.